The number of aliphatic hydroxyl groups excluding tert-OH is 1. The summed E-state index contributed by atoms with van der Waals surface area (Å²) < 4.78 is 3.01. The third-order valence-corrected chi connectivity index (χ3v) is 4.99. The number of H-pyrrole nitrogens is 1. The molecule has 0 fully saturated rings. The van der Waals surface area contributed by atoms with E-state index >= 15 is 0 Å². The average Bonchev–Trinajstić information content (AvgIpc) is 2.74. The second-order valence-corrected chi connectivity index (χ2v) is 6.98. The van der Waals surface area contributed by atoms with E-state index in [1.165, 1.54) is 21.6 Å². The maximum absolute atomic E-state index is 7.00. The Morgan fingerprint density at radius 3 is 2.75 bits per heavy atom. The fraction of sp³-hybridized carbons (Fsp3) is 0.471. The highest BCUT2D eigenvalue weighted by molar-refractivity contribution is 7.71. The summed E-state index contributed by atoms with van der Waals surface area (Å²) in [7, 11) is 1.00. The molecule has 24 heavy (non-hydrogen) atoms. The zero-order valence-corrected chi connectivity index (χ0v) is 17.6. The average molecular weight is 435 g/mol. The first-order valence-electron chi connectivity index (χ1n) is 7.80. The second-order valence-electron chi connectivity index (χ2n) is 6.18. The molecule has 3 N–H and O–H groups in total. The summed E-state index contributed by atoms with van der Waals surface area (Å²) in [5.41, 5.74) is 4.85. The van der Waals surface area contributed by atoms with Gasteiger partial charge in [0.15, 0.2) is 4.77 Å². The molecular formula is C17H25BrClN3OS. The molecule has 0 bridgehead atoms. The third-order valence-electron chi connectivity index (χ3n) is 4.31. The van der Waals surface area contributed by atoms with Crippen LogP contribution in [0.15, 0.2) is 23.8 Å². The van der Waals surface area contributed by atoms with E-state index in [9.17, 15) is 0 Å². The zero-order chi connectivity index (χ0) is 17.1. The van der Waals surface area contributed by atoms with Gasteiger partial charge >= 0.3 is 0 Å². The lowest BCUT2D eigenvalue weighted by atomic mass is 10.1. The van der Waals surface area contributed by atoms with Gasteiger partial charge in [-0.1, -0.05) is 17.2 Å². The molecule has 0 spiro atoms. The molecule has 7 heteroatoms. The Bertz CT molecular complexity index is 780. The van der Waals surface area contributed by atoms with Crippen LogP contribution in [0.2, 0.25) is 5.02 Å². The van der Waals surface area contributed by atoms with Crippen LogP contribution in [0.5, 0.6) is 0 Å². The number of rotatable bonds is 2. The molecule has 2 atom stereocenters. The zero-order valence-electron chi connectivity index (χ0n) is 14.5. The van der Waals surface area contributed by atoms with Crippen LogP contribution < -0.4 is 21.9 Å². The summed E-state index contributed by atoms with van der Waals surface area (Å²) in [5.74, 6) is 0. The maximum atomic E-state index is 7.00. The molecule has 1 unspecified atom stereocenters. The molecule has 134 valence electrons. The fourth-order valence-corrected chi connectivity index (χ4v) is 3.56. The highest BCUT2D eigenvalue weighted by Gasteiger charge is 2.26. The number of aromatic amines is 1. The van der Waals surface area contributed by atoms with Gasteiger partial charge in [-0.15, -0.1) is 0 Å². The van der Waals surface area contributed by atoms with Crippen LogP contribution in [0.3, 0.4) is 0 Å². The normalized spacial score (nSPS) is 18.9. The molecule has 0 amide bonds. The minimum atomic E-state index is 0. The van der Waals surface area contributed by atoms with Gasteiger partial charge in [-0.25, -0.2) is 0 Å². The highest BCUT2D eigenvalue weighted by atomic mass is 79.9. The number of imidazole rings is 1. The number of hydrogen-bond acceptors (Lipinski definition) is 2. The molecule has 0 saturated carbocycles. The minimum absolute atomic E-state index is 0. The Hall–Kier alpha value is -0.660. The predicted molar refractivity (Wildman–Crippen MR) is 98.7 cm³/mol. The molecule has 3 rings (SSSR count). The van der Waals surface area contributed by atoms with Crippen molar-refractivity contribution in [2.45, 2.75) is 39.9 Å². The monoisotopic (exact) mass is 433 g/mol. The van der Waals surface area contributed by atoms with E-state index in [-0.39, 0.29) is 17.0 Å². The van der Waals surface area contributed by atoms with E-state index in [0.717, 1.165) is 42.1 Å². The Kier molecular flexibility index (Phi) is 8.15. The van der Waals surface area contributed by atoms with Crippen LogP contribution in [-0.2, 0) is 13.1 Å². The maximum Gasteiger partial charge on any atom is 0.178 e. The van der Waals surface area contributed by atoms with Crippen LogP contribution in [0, 0.1) is 4.77 Å². The van der Waals surface area contributed by atoms with Crippen molar-refractivity contribution < 1.29 is 27.0 Å². The van der Waals surface area contributed by atoms with E-state index in [4.69, 9.17) is 28.9 Å². The summed E-state index contributed by atoms with van der Waals surface area (Å²) >= 11 is 12.0. The van der Waals surface area contributed by atoms with Crippen LogP contribution in [-0.4, -0.2) is 34.4 Å². The van der Waals surface area contributed by atoms with Gasteiger partial charge in [0.2, 0.25) is 0 Å². The molecule has 2 aromatic rings. The summed E-state index contributed by atoms with van der Waals surface area (Å²) in [6.45, 7) is 9.48. The number of halogens is 2. The number of aliphatic hydroxyl groups is 1. The smallest absolute Gasteiger partial charge is 0.178 e. The first-order valence-corrected chi connectivity index (χ1v) is 8.58. The van der Waals surface area contributed by atoms with E-state index < -0.39 is 0 Å². The first-order chi connectivity index (χ1) is 11.0. The first kappa shape index (κ1) is 21.4. The molecule has 1 aliphatic heterocycles. The fourth-order valence-electron chi connectivity index (χ4n) is 3.06. The van der Waals surface area contributed by atoms with Gasteiger partial charge in [0.25, 0.3) is 0 Å². The van der Waals surface area contributed by atoms with Crippen LogP contribution in [0.1, 0.15) is 26.3 Å². The van der Waals surface area contributed by atoms with Crippen LogP contribution in [0.25, 0.3) is 11.0 Å². The SMILES string of the molecule is CC(C)=CC[NH+]1Cc2c(Cl)ccc3[nH]c(=S)n(c23)C[C@@H]1C.CO.[Br-]. The number of nitrogens with zero attached hydrogens (tertiary/aromatic N) is 1. The molecular weight excluding hydrogens is 410 g/mol. The molecule has 0 saturated heterocycles. The van der Waals surface area contributed by atoms with Crippen molar-refractivity contribution in [3.8, 4) is 0 Å². The molecule has 1 aliphatic rings. The van der Waals surface area contributed by atoms with Gasteiger partial charge in [0.1, 0.15) is 12.6 Å². The third kappa shape index (κ3) is 4.29. The summed E-state index contributed by atoms with van der Waals surface area (Å²) in [6, 6.07) is 4.50. The molecule has 1 aromatic carbocycles. The second kappa shape index (κ2) is 9.15. The Balaban J connectivity index is 0.000000925. The summed E-state index contributed by atoms with van der Waals surface area (Å²) in [6.07, 6.45) is 2.31. The van der Waals surface area contributed by atoms with Crippen molar-refractivity contribution in [3.63, 3.8) is 0 Å². The Morgan fingerprint density at radius 2 is 2.12 bits per heavy atom. The van der Waals surface area contributed by atoms with E-state index in [1.54, 1.807) is 0 Å². The highest BCUT2D eigenvalue weighted by Crippen LogP contribution is 2.27. The number of aromatic nitrogens is 2. The number of benzene rings is 1. The van der Waals surface area contributed by atoms with Gasteiger partial charge in [-0.2, -0.15) is 0 Å². The molecule has 0 aliphatic carbocycles. The van der Waals surface area contributed by atoms with Crippen molar-refractivity contribution in [3.05, 3.63) is 39.1 Å². The van der Waals surface area contributed by atoms with Gasteiger partial charge in [0, 0.05) is 7.11 Å². The van der Waals surface area contributed by atoms with E-state index in [2.05, 4.69) is 36.4 Å². The Morgan fingerprint density at radius 1 is 1.46 bits per heavy atom. The molecule has 4 nitrogen and oxygen atoms in total. The van der Waals surface area contributed by atoms with Crippen LogP contribution in [0.4, 0.5) is 0 Å². The van der Waals surface area contributed by atoms with Crippen molar-refractivity contribution in [2.24, 2.45) is 0 Å². The standard InChI is InChI=1S/C16H20ClN3S.CH4O.BrH/c1-10(2)6-7-19-9-12-13(17)4-5-14-15(12)20(8-11(19)3)16(21)18-14;1-2;/h4-6,11H,7-9H2,1-3H3,(H,18,21);2H,1H3;1H/t11-;;/m0../s1. The van der Waals surface area contributed by atoms with Gasteiger partial charge in [0.05, 0.1) is 34.7 Å². The van der Waals surface area contributed by atoms with Crippen LogP contribution >= 0.6 is 23.8 Å². The summed E-state index contributed by atoms with van der Waals surface area (Å²) in [5, 5.41) is 7.84. The predicted octanol–water partition coefficient (Wildman–Crippen LogP) is -0.282. The number of nitrogens with one attached hydrogen (secondary N) is 2. The van der Waals surface area contributed by atoms with Gasteiger partial charge in [-0.3, -0.25) is 0 Å². The lowest BCUT2D eigenvalue weighted by molar-refractivity contribution is -0.931. The number of allylic oxidation sites excluding steroid dienone is 1. The topological polar surface area (TPSA) is 45.4 Å². The lowest BCUT2D eigenvalue weighted by Gasteiger charge is -2.23. The van der Waals surface area contributed by atoms with Crippen molar-refractivity contribution >= 4 is 34.9 Å². The molecule has 0 radical (unpaired) electrons. The molecule has 1 aromatic heterocycles. The Labute approximate surface area is 163 Å². The lowest BCUT2D eigenvalue weighted by Crippen LogP contribution is -3.14. The van der Waals surface area contributed by atoms with Crippen molar-refractivity contribution in [1.29, 1.82) is 0 Å². The summed E-state index contributed by atoms with van der Waals surface area (Å²) in [4.78, 5) is 4.83. The van der Waals surface area contributed by atoms with E-state index in [1.807, 2.05) is 12.1 Å². The minimum Gasteiger partial charge on any atom is -1.00 e. The van der Waals surface area contributed by atoms with Gasteiger partial charge in [-0.05, 0) is 51.2 Å². The quantitative estimate of drug-likeness (QED) is 0.450. The number of hydrogen-bond donors (Lipinski definition) is 3. The number of quaternary nitrogens is 1. The molecule has 2 heterocycles. The van der Waals surface area contributed by atoms with Crippen molar-refractivity contribution in [2.75, 3.05) is 13.7 Å². The van der Waals surface area contributed by atoms with Crippen molar-refractivity contribution in [1.82, 2.24) is 9.55 Å². The largest absolute Gasteiger partial charge is 1.00 e. The van der Waals surface area contributed by atoms with Gasteiger partial charge < -0.3 is 36.5 Å². The van der Waals surface area contributed by atoms with E-state index in [0.29, 0.717) is 6.04 Å².